The zero-order valence-electron chi connectivity index (χ0n) is 42.0. The largest absolute Gasteiger partial charge is 0.393 e. The molecule has 2 bridgehead atoms. The number of aliphatic hydroxyl groups is 4. The van der Waals surface area contributed by atoms with Crippen molar-refractivity contribution in [2.75, 3.05) is 19.8 Å². The highest BCUT2D eigenvalue weighted by Gasteiger charge is 2.64. The Kier molecular flexibility index (Phi) is 17.0. The maximum atomic E-state index is 14.9. The molecule has 0 saturated heterocycles. The summed E-state index contributed by atoms with van der Waals surface area (Å²) in [5, 5.41) is 55.7. The van der Waals surface area contributed by atoms with Crippen molar-refractivity contribution >= 4 is 11.7 Å². The number of Topliss-reactive ketones (excluding diaryl/α,β-unsaturated/α-hetero) is 1. The summed E-state index contributed by atoms with van der Waals surface area (Å²) in [5.74, 6) is 5.14. The van der Waals surface area contributed by atoms with Crippen molar-refractivity contribution in [3.63, 3.8) is 0 Å². The predicted octanol–water partition coefficient (Wildman–Crippen LogP) is 8.22. The topological polar surface area (TPSA) is 174 Å². The molecule has 0 radical (unpaired) electrons. The maximum absolute atomic E-state index is 14.9. The summed E-state index contributed by atoms with van der Waals surface area (Å²) in [6, 6.07) is 21.5. The number of hydrogen-bond donors (Lipinski definition) is 7. The van der Waals surface area contributed by atoms with Crippen molar-refractivity contribution in [3.8, 4) is 11.8 Å². The van der Waals surface area contributed by atoms with Crippen LogP contribution in [0.25, 0.3) is 0 Å². The molecule has 3 aromatic rings. The summed E-state index contributed by atoms with van der Waals surface area (Å²) in [6.07, 6.45) is 12.1. The van der Waals surface area contributed by atoms with E-state index in [0.717, 1.165) is 46.3 Å². The Labute approximate surface area is 421 Å². The SMILES string of the molecule is C=C1C=CC=C(C2CCC3(C4CCC(O)Cc5cc(cc(Cc6ccccc6)c5)CCC(O)CNC5C(=O)NC(N)c6cccc(c65)CC(=O)C(C)=C4CCC3(C)O)C2O)COCC#CCC(C)=CCC1. The predicted molar refractivity (Wildman–Crippen MR) is 280 cm³/mol. The van der Waals surface area contributed by atoms with Crippen LogP contribution in [0.3, 0.4) is 0 Å². The van der Waals surface area contributed by atoms with E-state index in [9.17, 15) is 30.0 Å². The summed E-state index contributed by atoms with van der Waals surface area (Å²) in [4.78, 5) is 28.7. The molecule has 2 fully saturated rings. The van der Waals surface area contributed by atoms with Gasteiger partial charge in [0.15, 0.2) is 5.78 Å². The number of ether oxygens (including phenoxy) is 1. The number of carbonyl (C=O) groups is 2. The van der Waals surface area contributed by atoms with Crippen molar-refractivity contribution in [3.05, 3.63) is 164 Å². The first kappa shape index (κ1) is 52.1. The number of hydrogen-bond acceptors (Lipinski definition) is 9. The first-order valence-corrected chi connectivity index (χ1v) is 25.9. The van der Waals surface area contributed by atoms with Crippen LogP contribution in [0.1, 0.15) is 136 Å². The number of fused-ring (bicyclic) bond motifs is 4. The number of benzene rings is 3. The van der Waals surface area contributed by atoms with Crippen LogP contribution in [-0.2, 0) is 40.0 Å². The molecule has 3 aliphatic heterocycles. The fourth-order valence-electron chi connectivity index (χ4n) is 12.5. The minimum atomic E-state index is -1.31. The molecule has 2 aliphatic carbocycles. The highest BCUT2D eigenvalue weighted by Crippen LogP contribution is 2.63. The van der Waals surface area contributed by atoms with Gasteiger partial charge in [0.2, 0.25) is 5.91 Å². The van der Waals surface area contributed by atoms with E-state index in [0.29, 0.717) is 92.9 Å². The fraction of sp³-hybridized carbons (Fsp3) is 0.475. The second-order valence-corrected chi connectivity index (χ2v) is 21.3. The minimum absolute atomic E-state index is 0.00346. The van der Waals surface area contributed by atoms with Gasteiger partial charge in [-0.05, 0) is 154 Å². The smallest absolute Gasteiger partial charge is 0.243 e. The van der Waals surface area contributed by atoms with Gasteiger partial charge in [-0.3, -0.25) is 14.9 Å². The van der Waals surface area contributed by atoms with E-state index < -0.39 is 47.5 Å². The molecule has 2 saturated carbocycles. The summed E-state index contributed by atoms with van der Waals surface area (Å²) in [7, 11) is 0. The molecule has 9 atom stereocenters. The molecule has 8 rings (SSSR count). The highest BCUT2D eigenvalue weighted by atomic mass is 16.5. The summed E-state index contributed by atoms with van der Waals surface area (Å²) >= 11 is 0. The lowest BCUT2D eigenvalue weighted by atomic mass is 9.52. The molecule has 1 spiro atoms. The van der Waals surface area contributed by atoms with E-state index in [4.69, 9.17) is 10.5 Å². The van der Waals surface area contributed by atoms with Crippen molar-refractivity contribution in [2.24, 2.45) is 23.0 Å². The van der Waals surface area contributed by atoms with Gasteiger partial charge in [-0.25, -0.2) is 0 Å². The van der Waals surface area contributed by atoms with Gasteiger partial charge in [-0.1, -0.05) is 126 Å². The number of carbonyl (C=O) groups excluding carboxylic acids is 2. The van der Waals surface area contributed by atoms with Crippen molar-refractivity contribution in [2.45, 2.75) is 147 Å². The van der Waals surface area contributed by atoms with Crippen molar-refractivity contribution in [1.82, 2.24) is 10.6 Å². The molecule has 376 valence electrons. The Hall–Kier alpha value is -5.22. The van der Waals surface area contributed by atoms with Gasteiger partial charge < -0.3 is 36.2 Å². The molecule has 3 aromatic carbocycles. The number of ketones is 1. The Morgan fingerprint density at radius 1 is 0.887 bits per heavy atom. The average molecular weight is 962 g/mol. The first-order chi connectivity index (χ1) is 34.1. The minimum Gasteiger partial charge on any atom is -0.393 e. The van der Waals surface area contributed by atoms with Crippen LogP contribution in [0, 0.1) is 29.1 Å². The molecule has 9 unspecified atom stereocenters. The Bertz CT molecular complexity index is 2630. The van der Waals surface area contributed by atoms with E-state index in [1.807, 2.05) is 68.5 Å². The molecular formula is C61H75N3O7. The average Bonchev–Trinajstić information content (AvgIpc) is 3.68. The van der Waals surface area contributed by atoms with Crippen molar-refractivity contribution in [1.29, 1.82) is 0 Å². The third kappa shape index (κ3) is 12.0. The summed E-state index contributed by atoms with van der Waals surface area (Å²) in [6.45, 7) is 10.7. The Morgan fingerprint density at radius 3 is 2.51 bits per heavy atom. The zero-order valence-corrected chi connectivity index (χ0v) is 42.0. The van der Waals surface area contributed by atoms with Crippen LogP contribution in [0.2, 0.25) is 0 Å². The number of aryl methyl sites for hydroxylation is 1. The van der Waals surface area contributed by atoms with Crippen LogP contribution >= 0.6 is 0 Å². The third-order valence-electron chi connectivity index (χ3n) is 16.3. The fourth-order valence-corrected chi connectivity index (χ4v) is 12.5. The van der Waals surface area contributed by atoms with Gasteiger partial charge in [-0.2, -0.15) is 0 Å². The number of amides is 1. The Morgan fingerprint density at radius 2 is 1.69 bits per heavy atom. The van der Waals surface area contributed by atoms with Gasteiger partial charge in [-0.15, -0.1) is 0 Å². The van der Waals surface area contributed by atoms with E-state index >= 15 is 0 Å². The standard InChI is InChI=1S/C61H75N3O7/c1-39-13-8-9-30-71-38-47(20-11-16-40(2)15-10-14-39)51-27-29-61(57(51)68)53-25-24-48(65)35-45-33-43(32-44(34-45)31-42-17-6-5-7-18-42)22-23-49(66)37-63-56-55-46(19-12-21-52(55)58(62)64-59(56)69)36-54(67)41(3)50(53)26-28-60(61,4)70/h5-7,11-12,14,16-21,32-34,48-49,51,53,56-58,63,65-66,68,70H,2,10,13,15,22-31,35-38,62H2,1,3-4H3,(H,64,69). The quantitative estimate of drug-likeness (QED) is 0.101. The summed E-state index contributed by atoms with van der Waals surface area (Å²) in [5.41, 5.74) is 15.1. The molecule has 5 aliphatic rings. The van der Waals surface area contributed by atoms with Crippen LogP contribution < -0.4 is 16.4 Å². The highest BCUT2D eigenvalue weighted by molar-refractivity contribution is 5.98. The van der Waals surface area contributed by atoms with Gasteiger partial charge in [0.1, 0.15) is 18.8 Å². The molecule has 3 heterocycles. The number of aliphatic hydroxyl groups excluding tert-OH is 3. The van der Waals surface area contributed by atoms with E-state index in [-0.39, 0.29) is 43.8 Å². The molecular weight excluding hydrogens is 887 g/mol. The van der Waals surface area contributed by atoms with E-state index in [1.165, 1.54) is 11.1 Å². The van der Waals surface area contributed by atoms with Crippen LogP contribution in [0.4, 0.5) is 0 Å². The van der Waals surface area contributed by atoms with Crippen LogP contribution in [0.5, 0.6) is 0 Å². The lowest BCUT2D eigenvalue weighted by Gasteiger charge is -2.56. The molecule has 10 heteroatoms. The van der Waals surface area contributed by atoms with Crippen LogP contribution in [0.15, 0.2) is 125 Å². The third-order valence-corrected chi connectivity index (χ3v) is 16.3. The van der Waals surface area contributed by atoms with Gasteiger partial charge in [0.25, 0.3) is 0 Å². The maximum Gasteiger partial charge on any atom is 0.243 e. The van der Waals surface area contributed by atoms with Gasteiger partial charge in [0.05, 0.1) is 30.5 Å². The lowest BCUT2D eigenvalue weighted by molar-refractivity contribution is -0.168. The van der Waals surface area contributed by atoms with Crippen LogP contribution in [-0.4, -0.2) is 75.8 Å². The number of allylic oxidation sites excluding steroid dienone is 8. The number of β-amino-alcohol motifs (C(OH)–C–C–N with tert-alkyl or cyclic N) is 1. The molecule has 10 nitrogen and oxygen atoms in total. The van der Waals surface area contributed by atoms with E-state index in [1.54, 1.807) is 0 Å². The van der Waals surface area contributed by atoms with Gasteiger partial charge >= 0.3 is 0 Å². The first-order valence-electron chi connectivity index (χ1n) is 25.9. The number of nitrogens with two attached hydrogens (primary N) is 1. The number of rotatable bonds is 3. The zero-order chi connectivity index (χ0) is 50.3. The molecule has 0 aromatic heterocycles. The molecule has 71 heavy (non-hydrogen) atoms. The molecule has 8 N–H and O–H groups in total. The second kappa shape index (κ2) is 23.1. The summed E-state index contributed by atoms with van der Waals surface area (Å²) < 4.78 is 6.20. The Balaban J connectivity index is 1.19. The number of nitrogens with one attached hydrogen (secondary N) is 2. The lowest BCUT2D eigenvalue weighted by Crippen LogP contribution is -2.59. The molecule has 1 amide bonds. The van der Waals surface area contributed by atoms with Gasteiger partial charge in [0, 0.05) is 30.7 Å². The normalized spacial score (nSPS) is 30.6. The monoisotopic (exact) mass is 962 g/mol. The van der Waals surface area contributed by atoms with E-state index in [2.05, 4.69) is 72.4 Å². The van der Waals surface area contributed by atoms with Crippen molar-refractivity contribution < 1.29 is 34.8 Å². The second-order valence-electron chi connectivity index (χ2n) is 21.3.